The molecular formula is C15H23ClN4O5S2. The Morgan fingerprint density at radius 3 is 2.37 bits per heavy atom. The summed E-state index contributed by atoms with van der Waals surface area (Å²) in [7, 11) is -8.20. The molecule has 2 unspecified atom stereocenters. The number of benzene rings is 1. The van der Waals surface area contributed by atoms with Gasteiger partial charge in [-0.2, -0.15) is 9.79 Å². The number of nitrogens with two attached hydrogens (primary N) is 1. The minimum absolute atomic E-state index is 0.172. The van der Waals surface area contributed by atoms with Crippen LogP contribution in [0, 0.1) is 5.92 Å². The number of rotatable bonds is 2. The van der Waals surface area contributed by atoms with Crippen LogP contribution in [0.3, 0.4) is 0 Å². The van der Waals surface area contributed by atoms with Gasteiger partial charge in [-0.15, -0.1) is 0 Å². The number of fused-ring (bicyclic) bond motifs is 1. The number of hydroxylamine groups is 2. The van der Waals surface area contributed by atoms with E-state index in [1.807, 2.05) is 27.7 Å². The van der Waals surface area contributed by atoms with Gasteiger partial charge in [0.2, 0.25) is 20.0 Å². The molecule has 1 saturated heterocycles. The Balaban J connectivity index is 2.07. The van der Waals surface area contributed by atoms with Gasteiger partial charge < -0.3 is 10.5 Å². The second kappa shape index (κ2) is 6.02. The van der Waals surface area contributed by atoms with Crippen LogP contribution in [-0.2, 0) is 20.0 Å². The third kappa shape index (κ3) is 3.35. The zero-order valence-corrected chi connectivity index (χ0v) is 17.7. The van der Waals surface area contributed by atoms with Gasteiger partial charge in [-0.1, -0.05) is 11.6 Å². The SMILES string of the molecule is CC1(C)CC(C2Nc3cc(Cl)c(S(N)(=O)=O)cc3S(=O)(=O)N2)C(C)(C)N1O. The fourth-order valence-electron chi connectivity index (χ4n) is 4.04. The quantitative estimate of drug-likeness (QED) is 0.544. The van der Waals surface area contributed by atoms with Crippen LogP contribution in [0.1, 0.15) is 34.1 Å². The predicted molar refractivity (Wildman–Crippen MR) is 100 cm³/mol. The third-order valence-electron chi connectivity index (χ3n) is 5.37. The average molecular weight is 439 g/mol. The number of sulfonamides is 2. The Morgan fingerprint density at radius 2 is 1.89 bits per heavy atom. The van der Waals surface area contributed by atoms with Crippen molar-refractivity contribution in [2.24, 2.45) is 11.1 Å². The van der Waals surface area contributed by atoms with Gasteiger partial charge in [-0.25, -0.2) is 22.0 Å². The maximum absolute atomic E-state index is 12.8. The van der Waals surface area contributed by atoms with E-state index in [2.05, 4.69) is 10.0 Å². The normalized spacial score (nSPS) is 29.1. The molecule has 0 amide bonds. The molecule has 9 nitrogen and oxygen atoms in total. The molecule has 5 N–H and O–H groups in total. The first-order chi connectivity index (χ1) is 12.1. The van der Waals surface area contributed by atoms with Crippen molar-refractivity contribution in [3.05, 3.63) is 17.2 Å². The fourth-order valence-corrected chi connectivity index (χ4v) is 6.57. The number of hydrogen-bond donors (Lipinski definition) is 4. The van der Waals surface area contributed by atoms with Gasteiger partial charge in [0.1, 0.15) is 9.79 Å². The van der Waals surface area contributed by atoms with Crippen LogP contribution in [0.15, 0.2) is 21.9 Å². The first kappa shape index (κ1) is 20.8. The molecule has 2 atom stereocenters. The zero-order chi connectivity index (χ0) is 20.6. The molecule has 0 aliphatic carbocycles. The first-order valence-electron chi connectivity index (χ1n) is 8.22. The highest BCUT2D eigenvalue weighted by atomic mass is 35.5. The van der Waals surface area contributed by atoms with E-state index >= 15 is 0 Å². The van der Waals surface area contributed by atoms with Crippen LogP contribution in [-0.4, -0.2) is 44.3 Å². The molecule has 0 aromatic heterocycles. The summed E-state index contributed by atoms with van der Waals surface area (Å²) in [6.45, 7) is 7.40. The van der Waals surface area contributed by atoms with Crippen LogP contribution in [0.25, 0.3) is 0 Å². The van der Waals surface area contributed by atoms with Gasteiger partial charge in [0.15, 0.2) is 0 Å². The van der Waals surface area contributed by atoms with Gasteiger partial charge >= 0.3 is 0 Å². The van der Waals surface area contributed by atoms with Crippen LogP contribution < -0.4 is 15.2 Å². The third-order valence-corrected chi connectivity index (χ3v) is 8.23. The van der Waals surface area contributed by atoms with E-state index in [0.717, 1.165) is 6.07 Å². The summed E-state index contributed by atoms with van der Waals surface area (Å²) < 4.78 is 51.4. The van der Waals surface area contributed by atoms with Crippen LogP contribution >= 0.6 is 11.6 Å². The van der Waals surface area contributed by atoms with Gasteiger partial charge in [-0.3, -0.25) is 0 Å². The molecule has 152 valence electrons. The van der Waals surface area contributed by atoms with Crippen molar-refractivity contribution in [1.29, 1.82) is 0 Å². The highest BCUT2D eigenvalue weighted by molar-refractivity contribution is 7.90. The molecule has 1 fully saturated rings. The van der Waals surface area contributed by atoms with Crippen LogP contribution in [0.4, 0.5) is 5.69 Å². The van der Waals surface area contributed by atoms with E-state index < -0.39 is 42.2 Å². The standard InChI is InChI=1S/C15H23ClN4O5S2/c1-14(2)7-8(15(3,4)20(14)21)13-18-10-5-9(16)11(26(17,22)23)6-12(10)27(24,25)19-13/h5-6,8,13,18-19,21H,7H2,1-4H3,(H2,17,22,23). The average Bonchev–Trinajstić information content (AvgIpc) is 2.64. The number of primary sulfonamides is 1. The van der Waals surface area contributed by atoms with Crippen molar-refractivity contribution in [1.82, 2.24) is 9.79 Å². The minimum Gasteiger partial charge on any atom is -0.367 e. The Kier molecular flexibility index (Phi) is 4.63. The molecular weight excluding hydrogens is 416 g/mol. The summed E-state index contributed by atoms with van der Waals surface area (Å²) in [4.78, 5) is -0.708. The molecule has 3 rings (SSSR count). The van der Waals surface area contributed by atoms with Crippen molar-refractivity contribution in [2.75, 3.05) is 5.32 Å². The first-order valence-corrected chi connectivity index (χ1v) is 11.6. The number of nitrogens with zero attached hydrogens (tertiary/aromatic N) is 1. The Labute approximate surface area is 163 Å². The van der Waals surface area contributed by atoms with Crippen molar-refractivity contribution >= 4 is 37.3 Å². The molecule has 0 spiro atoms. The van der Waals surface area contributed by atoms with Gasteiger partial charge in [0.25, 0.3) is 0 Å². The smallest absolute Gasteiger partial charge is 0.244 e. The summed E-state index contributed by atoms with van der Waals surface area (Å²) in [5.74, 6) is -0.280. The Morgan fingerprint density at radius 1 is 1.30 bits per heavy atom. The molecule has 0 radical (unpaired) electrons. The lowest BCUT2D eigenvalue weighted by Gasteiger charge is -2.40. The lowest BCUT2D eigenvalue weighted by Crippen LogP contribution is -2.56. The second-order valence-electron chi connectivity index (χ2n) is 8.16. The van der Waals surface area contributed by atoms with Crippen molar-refractivity contribution < 1.29 is 22.0 Å². The lowest BCUT2D eigenvalue weighted by molar-refractivity contribution is -0.197. The van der Waals surface area contributed by atoms with E-state index in [4.69, 9.17) is 16.7 Å². The van der Waals surface area contributed by atoms with E-state index in [9.17, 15) is 22.0 Å². The molecule has 2 aliphatic rings. The molecule has 1 aromatic rings. The summed E-state index contributed by atoms with van der Waals surface area (Å²) >= 11 is 6.01. The zero-order valence-electron chi connectivity index (χ0n) is 15.3. The number of halogens is 1. The fraction of sp³-hybridized carbons (Fsp3) is 0.600. The highest BCUT2D eigenvalue weighted by Gasteiger charge is 2.55. The summed E-state index contributed by atoms with van der Waals surface area (Å²) in [6.07, 6.45) is -0.194. The van der Waals surface area contributed by atoms with Crippen molar-refractivity contribution in [2.45, 2.75) is 61.2 Å². The summed E-state index contributed by atoms with van der Waals surface area (Å²) in [5.41, 5.74) is -1.08. The van der Waals surface area contributed by atoms with Crippen molar-refractivity contribution in [3.63, 3.8) is 0 Å². The molecule has 2 aliphatic heterocycles. The van der Waals surface area contributed by atoms with Gasteiger partial charge in [0.05, 0.1) is 16.9 Å². The maximum atomic E-state index is 12.8. The highest BCUT2D eigenvalue weighted by Crippen LogP contribution is 2.46. The predicted octanol–water partition coefficient (Wildman–Crippen LogP) is 1.29. The maximum Gasteiger partial charge on any atom is 0.244 e. The van der Waals surface area contributed by atoms with Crippen molar-refractivity contribution in [3.8, 4) is 0 Å². The second-order valence-corrected chi connectivity index (χ2v) is 11.8. The van der Waals surface area contributed by atoms with E-state index in [1.54, 1.807) is 0 Å². The minimum atomic E-state index is -4.18. The number of nitrogens with one attached hydrogen (secondary N) is 2. The van der Waals surface area contributed by atoms with Gasteiger partial charge in [0, 0.05) is 17.0 Å². The largest absolute Gasteiger partial charge is 0.367 e. The number of anilines is 1. The van der Waals surface area contributed by atoms with E-state index in [-0.39, 0.29) is 21.5 Å². The molecule has 2 heterocycles. The summed E-state index contributed by atoms with van der Waals surface area (Å²) in [5, 5.41) is 19.8. The van der Waals surface area contributed by atoms with E-state index in [0.29, 0.717) is 6.42 Å². The topological polar surface area (TPSA) is 142 Å². The Bertz CT molecular complexity index is 1010. The Hall–Kier alpha value is -0.950. The van der Waals surface area contributed by atoms with Crippen LogP contribution in [0.5, 0.6) is 0 Å². The van der Waals surface area contributed by atoms with Crippen LogP contribution in [0.2, 0.25) is 5.02 Å². The lowest BCUT2D eigenvalue weighted by atomic mass is 9.84. The monoisotopic (exact) mass is 438 g/mol. The number of hydrogen-bond acceptors (Lipinski definition) is 7. The molecule has 0 saturated carbocycles. The molecule has 12 heteroatoms. The van der Waals surface area contributed by atoms with E-state index in [1.165, 1.54) is 11.1 Å². The van der Waals surface area contributed by atoms with Gasteiger partial charge in [-0.05, 0) is 46.2 Å². The molecule has 27 heavy (non-hydrogen) atoms. The molecule has 1 aromatic carbocycles. The summed E-state index contributed by atoms with van der Waals surface area (Å²) in [6, 6.07) is 2.19. The molecule has 0 bridgehead atoms.